The third kappa shape index (κ3) is 9.44. The summed E-state index contributed by atoms with van der Waals surface area (Å²) in [4.78, 5) is 0. The van der Waals surface area contributed by atoms with Gasteiger partial charge in [0, 0.05) is 37.1 Å². The van der Waals surface area contributed by atoms with Crippen molar-refractivity contribution < 1.29 is 62.5 Å². The van der Waals surface area contributed by atoms with Gasteiger partial charge in [0.05, 0.1) is 38.4 Å². The summed E-state index contributed by atoms with van der Waals surface area (Å²) in [6.07, 6.45) is 4.51. The number of nitrogens with zero attached hydrogens (tertiary/aromatic N) is 1. The van der Waals surface area contributed by atoms with Crippen LogP contribution in [0.2, 0.25) is 0 Å². The Morgan fingerprint density at radius 3 is 2.28 bits per heavy atom. The highest BCUT2D eigenvalue weighted by Gasteiger charge is 2.59. The largest absolute Gasteiger partial charge is 0.476 e. The number of ether oxygens (including phenoxy) is 9. The highest BCUT2D eigenvalue weighted by atomic mass is 16.8. The monoisotopic (exact) mass is 606 g/mol. The van der Waals surface area contributed by atoms with Gasteiger partial charge in [-0.1, -0.05) is 19.2 Å². The van der Waals surface area contributed by atoms with Crippen LogP contribution in [-0.2, 0) is 37.9 Å². The van der Waals surface area contributed by atoms with Gasteiger partial charge < -0.3 is 58.0 Å². The van der Waals surface area contributed by atoms with E-state index in [9.17, 15) is 15.3 Å². The number of aliphatic hydroxyl groups excluding tert-OH is 1. The number of hydrogen-bond acceptors (Lipinski definition) is 12. The fourth-order valence-corrected chi connectivity index (χ4v) is 4.77. The molecule has 1 aromatic heterocycles. The van der Waals surface area contributed by atoms with E-state index in [1.165, 1.54) is 12.5 Å². The molecular weight excluding hydrogens is 566 g/mol. The van der Waals surface area contributed by atoms with Gasteiger partial charge in [-0.05, 0) is 12.1 Å². The lowest BCUT2D eigenvalue weighted by Gasteiger charge is -2.34. The number of aliphatic hydroxyl groups is 3. The molecule has 0 amide bonds. The first kappa shape index (κ1) is 32.8. The molecular formula is C30H40NO12+. The summed E-state index contributed by atoms with van der Waals surface area (Å²) in [5, 5.41) is 32.2. The molecule has 2 fully saturated rings. The molecule has 1 aromatic carbocycles. The summed E-state index contributed by atoms with van der Waals surface area (Å²) >= 11 is 0. The van der Waals surface area contributed by atoms with Gasteiger partial charge in [-0.2, -0.15) is 4.57 Å². The topological polar surface area (TPSA) is 148 Å². The first-order valence-corrected chi connectivity index (χ1v) is 13.8. The van der Waals surface area contributed by atoms with Crippen molar-refractivity contribution in [1.82, 2.24) is 0 Å². The van der Waals surface area contributed by atoms with E-state index >= 15 is 0 Å². The van der Waals surface area contributed by atoms with Gasteiger partial charge in [0.1, 0.15) is 30.7 Å². The van der Waals surface area contributed by atoms with Crippen LogP contribution in [0.15, 0.2) is 80.5 Å². The van der Waals surface area contributed by atoms with E-state index in [-0.39, 0.29) is 66.3 Å². The molecule has 3 heterocycles. The summed E-state index contributed by atoms with van der Waals surface area (Å²) in [6.45, 7) is 5.74. The summed E-state index contributed by atoms with van der Waals surface area (Å²) in [5.41, 5.74) is -0.244. The average molecular weight is 607 g/mol. The number of aromatic nitrogens is 1. The van der Waals surface area contributed by atoms with Crippen LogP contribution in [0.3, 0.4) is 0 Å². The van der Waals surface area contributed by atoms with Gasteiger partial charge >= 0.3 is 0 Å². The van der Waals surface area contributed by atoms with Crippen molar-refractivity contribution in [2.24, 2.45) is 0 Å². The molecule has 2 aliphatic heterocycles. The lowest BCUT2D eigenvalue weighted by atomic mass is 9.89. The van der Waals surface area contributed by atoms with E-state index < -0.39 is 29.4 Å². The first-order valence-electron chi connectivity index (χ1n) is 13.8. The Balaban J connectivity index is 1.24. The molecule has 2 aromatic rings. The molecule has 2 aliphatic rings. The molecule has 0 saturated carbocycles. The van der Waals surface area contributed by atoms with Crippen LogP contribution in [0.1, 0.15) is 12.8 Å². The minimum absolute atomic E-state index is 0.00409. The zero-order chi connectivity index (χ0) is 30.6. The molecule has 0 aliphatic carbocycles. The Bertz CT molecular complexity index is 1140. The maximum absolute atomic E-state index is 11.0. The van der Waals surface area contributed by atoms with Crippen LogP contribution in [-0.4, -0.2) is 98.1 Å². The normalized spacial score (nSPS) is 27.5. The standard InChI is InChI=1S/C30H40NO12/c1-3-35-22-42-29(33)14-27(39-19-29)28(17-30(34,20-41-28)43-23-36-4-2)18-37-15-25(32)16-38-21-40-26-10-8-24(9-11-26)31-12-6-5-7-13-31/h3-13,25,27,32-34H,1-2,14-23H2/q+1. The molecule has 0 radical (unpaired) electrons. The summed E-state index contributed by atoms with van der Waals surface area (Å²) in [7, 11) is 0. The minimum Gasteiger partial charge on any atom is -0.476 e. The summed E-state index contributed by atoms with van der Waals surface area (Å²) < 4.78 is 51.5. The molecule has 13 nitrogen and oxygen atoms in total. The number of hydrogen-bond donors (Lipinski definition) is 3. The second-order valence-corrected chi connectivity index (χ2v) is 10.2. The highest BCUT2D eigenvalue weighted by molar-refractivity contribution is 5.31. The third-order valence-electron chi connectivity index (χ3n) is 6.92. The quantitative estimate of drug-likeness (QED) is 0.0916. The average Bonchev–Trinajstić information content (AvgIpc) is 3.57. The van der Waals surface area contributed by atoms with Crippen molar-refractivity contribution in [2.75, 3.05) is 53.4 Å². The van der Waals surface area contributed by atoms with Crippen molar-refractivity contribution >= 4 is 0 Å². The smallest absolute Gasteiger partial charge is 0.210 e. The van der Waals surface area contributed by atoms with Crippen LogP contribution in [0.5, 0.6) is 5.75 Å². The van der Waals surface area contributed by atoms with Gasteiger partial charge in [-0.25, -0.2) is 0 Å². The Labute approximate surface area is 250 Å². The minimum atomic E-state index is -1.71. The molecule has 0 bridgehead atoms. The maximum atomic E-state index is 11.0. The molecule has 2 saturated heterocycles. The van der Waals surface area contributed by atoms with Crippen LogP contribution in [0, 0.1) is 0 Å². The Kier molecular flexibility index (Phi) is 11.9. The van der Waals surface area contributed by atoms with E-state index in [1.807, 2.05) is 59.4 Å². The van der Waals surface area contributed by atoms with Crippen molar-refractivity contribution in [3.05, 3.63) is 80.5 Å². The van der Waals surface area contributed by atoms with Crippen molar-refractivity contribution in [3.8, 4) is 11.4 Å². The Hall–Kier alpha value is -3.11. The molecule has 5 atom stereocenters. The van der Waals surface area contributed by atoms with Gasteiger partial charge in [-0.3, -0.25) is 0 Å². The fraction of sp³-hybridized carbons (Fsp3) is 0.500. The number of rotatable bonds is 19. The van der Waals surface area contributed by atoms with Crippen LogP contribution < -0.4 is 9.30 Å². The number of benzene rings is 1. The zero-order valence-electron chi connectivity index (χ0n) is 24.0. The van der Waals surface area contributed by atoms with Gasteiger partial charge in [0.15, 0.2) is 44.3 Å². The molecule has 0 spiro atoms. The predicted octanol–water partition coefficient (Wildman–Crippen LogP) is 1.29. The van der Waals surface area contributed by atoms with E-state index in [0.29, 0.717) is 5.75 Å². The molecule has 13 heteroatoms. The lowest BCUT2D eigenvalue weighted by molar-refractivity contribution is -0.595. The second kappa shape index (κ2) is 15.6. The van der Waals surface area contributed by atoms with Crippen LogP contribution in [0.4, 0.5) is 0 Å². The lowest BCUT2D eigenvalue weighted by Crippen LogP contribution is -2.49. The second-order valence-electron chi connectivity index (χ2n) is 10.2. The van der Waals surface area contributed by atoms with Crippen molar-refractivity contribution in [1.29, 1.82) is 0 Å². The third-order valence-corrected chi connectivity index (χ3v) is 6.92. The molecule has 4 rings (SSSR count). The molecule has 5 unspecified atom stereocenters. The predicted molar refractivity (Wildman–Crippen MR) is 148 cm³/mol. The fourth-order valence-electron chi connectivity index (χ4n) is 4.77. The first-order chi connectivity index (χ1) is 20.8. The van der Waals surface area contributed by atoms with E-state index in [1.54, 1.807) is 0 Å². The maximum Gasteiger partial charge on any atom is 0.210 e. The Morgan fingerprint density at radius 2 is 1.58 bits per heavy atom. The van der Waals surface area contributed by atoms with Crippen LogP contribution in [0.25, 0.3) is 5.69 Å². The highest BCUT2D eigenvalue weighted by Crippen LogP contribution is 2.43. The van der Waals surface area contributed by atoms with Gasteiger partial charge in [-0.15, -0.1) is 0 Å². The SMILES string of the molecule is C=COCOC1(O)COC(C2(COCC(O)COCOc3ccc(-[n+]4ccccc4)cc3)CC(O)(OCOC=C)CO2)C1. The van der Waals surface area contributed by atoms with E-state index in [4.69, 9.17) is 42.6 Å². The molecule has 43 heavy (non-hydrogen) atoms. The van der Waals surface area contributed by atoms with Gasteiger partial charge in [0.25, 0.3) is 0 Å². The van der Waals surface area contributed by atoms with Crippen LogP contribution >= 0.6 is 0 Å². The number of pyridine rings is 1. The van der Waals surface area contributed by atoms with Crippen molar-refractivity contribution in [2.45, 2.75) is 42.2 Å². The van der Waals surface area contributed by atoms with Gasteiger partial charge in [0.2, 0.25) is 5.69 Å². The molecule has 3 N–H and O–H groups in total. The van der Waals surface area contributed by atoms with Crippen molar-refractivity contribution in [3.63, 3.8) is 0 Å². The Morgan fingerprint density at radius 1 is 0.907 bits per heavy atom. The summed E-state index contributed by atoms with van der Waals surface area (Å²) in [6, 6.07) is 13.4. The van der Waals surface area contributed by atoms with E-state index in [2.05, 4.69) is 13.2 Å². The molecule has 236 valence electrons. The zero-order valence-corrected chi connectivity index (χ0v) is 24.0. The van der Waals surface area contributed by atoms with E-state index in [0.717, 1.165) is 5.69 Å². The summed E-state index contributed by atoms with van der Waals surface area (Å²) in [5.74, 6) is -2.73.